The van der Waals surface area contributed by atoms with E-state index in [1.807, 2.05) is 12.1 Å². The Labute approximate surface area is 114 Å². The lowest BCUT2D eigenvalue weighted by molar-refractivity contribution is 0.288. The van der Waals surface area contributed by atoms with Crippen LogP contribution in [0.4, 0.5) is 0 Å². The van der Waals surface area contributed by atoms with Gasteiger partial charge in [0.1, 0.15) is 0 Å². The van der Waals surface area contributed by atoms with Gasteiger partial charge in [0.25, 0.3) is 0 Å². The second kappa shape index (κ2) is 6.50. The molecule has 106 valence electrons. The summed E-state index contributed by atoms with van der Waals surface area (Å²) in [7, 11) is -3.38. The summed E-state index contributed by atoms with van der Waals surface area (Å²) < 4.78 is 27.1. The van der Waals surface area contributed by atoms with Gasteiger partial charge in [-0.1, -0.05) is 25.0 Å². The Balaban J connectivity index is 2.03. The van der Waals surface area contributed by atoms with E-state index in [1.165, 1.54) is 0 Å². The molecule has 0 heterocycles. The first-order valence-corrected chi connectivity index (χ1v) is 8.32. The molecule has 0 amide bonds. The van der Waals surface area contributed by atoms with Crippen LogP contribution in [0.25, 0.3) is 0 Å². The Morgan fingerprint density at radius 1 is 1.16 bits per heavy atom. The number of aryl methyl sites for hydroxylation is 1. The third-order valence-electron chi connectivity index (χ3n) is 3.53. The van der Waals surface area contributed by atoms with Crippen molar-refractivity contribution in [3.8, 4) is 0 Å². The SMILES string of the molecule is O=S(=O)(NC1CCCC1)c1ccc(CCCO)cc1. The molecule has 2 rings (SSSR count). The lowest BCUT2D eigenvalue weighted by atomic mass is 10.1. The van der Waals surface area contributed by atoms with Crippen molar-refractivity contribution < 1.29 is 13.5 Å². The average Bonchev–Trinajstić information content (AvgIpc) is 2.89. The quantitative estimate of drug-likeness (QED) is 0.837. The summed E-state index contributed by atoms with van der Waals surface area (Å²) >= 11 is 0. The summed E-state index contributed by atoms with van der Waals surface area (Å²) in [6.45, 7) is 0.156. The normalized spacial score (nSPS) is 16.9. The minimum atomic E-state index is -3.38. The fourth-order valence-corrected chi connectivity index (χ4v) is 3.75. The lowest BCUT2D eigenvalue weighted by Crippen LogP contribution is -2.32. The van der Waals surface area contributed by atoms with E-state index in [0.717, 1.165) is 37.7 Å². The zero-order valence-corrected chi connectivity index (χ0v) is 11.8. The van der Waals surface area contributed by atoms with E-state index in [4.69, 9.17) is 5.11 Å². The molecule has 0 saturated heterocycles. The van der Waals surface area contributed by atoms with Crippen LogP contribution >= 0.6 is 0 Å². The van der Waals surface area contributed by atoms with Gasteiger partial charge in [-0.05, 0) is 43.4 Å². The van der Waals surface area contributed by atoms with Crippen LogP contribution in [0.5, 0.6) is 0 Å². The zero-order valence-electron chi connectivity index (χ0n) is 11.0. The molecule has 0 unspecified atom stereocenters. The third kappa shape index (κ3) is 4.03. The van der Waals surface area contributed by atoms with Crippen LogP contribution in [0, 0.1) is 0 Å². The summed E-state index contributed by atoms with van der Waals surface area (Å²) in [5.74, 6) is 0. The van der Waals surface area contributed by atoms with Crippen molar-refractivity contribution in [1.29, 1.82) is 0 Å². The van der Waals surface area contributed by atoms with Gasteiger partial charge in [0.05, 0.1) is 4.90 Å². The molecule has 5 heteroatoms. The molecule has 1 fully saturated rings. The highest BCUT2D eigenvalue weighted by atomic mass is 32.2. The standard InChI is InChI=1S/C14H21NO3S/c16-11-3-4-12-7-9-14(10-8-12)19(17,18)15-13-5-1-2-6-13/h7-10,13,15-16H,1-6,11H2. The molecule has 4 nitrogen and oxygen atoms in total. The Bertz CT molecular complexity index is 490. The molecule has 19 heavy (non-hydrogen) atoms. The largest absolute Gasteiger partial charge is 0.396 e. The smallest absolute Gasteiger partial charge is 0.240 e. The van der Waals surface area contributed by atoms with Crippen LogP contribution < -0.4 is 4.72 Å². The Hall–Kier alpha value is -0.910. The summed E-state index contributed by atoms with van der Waals surface area (Å²) in [5.41, 5.74) is 1.05. The van der Waals surface area contributed by atoms with Crippen molar-refractivity contribution in [2.45, 2.75) is 49.5 Å². The zero-order chi connectivity index (χ0) is 13.7. The van der Waals surface area contributed by atoms with Crippen LogP contribution in [0.15, 0.2) is 29.2 Å². The van der Waals surface area contributed by atoms with Crippen LogP contribution in [0.2, 0.25) is 0 Å². The Morgan fingerprint density at radius 3 is 2.37 bits per heavy atom. The monoisotopic (exact) mass is 283 g/mol. The van der Waals surface area contributed by atoms with Crippen molar-refractivity contribution in [3.63, 3.8) is 0 Å². The van der Waals surface area contributed by atoms with Crippen molar-refractivity contribution in [1.82, 2.24) is 4.72 Å². The van der Waals surface area contributed by atoms with Gasteiger partial charge in [-0.15, -0.1) is 0 Å². The number of rotatable bonds is 6. The maximum Gasteiger partial charge on any atom is 0.240 e. The van der Waals surface area contributed by atoms with E-state index < -0.39 is 10.0 Å². The summed E-state index contributed by atoms with van der Waals surface area (Å²) in [6, 6.07) is 7.02. The van der Waals surface area contributed by atoms with Gasteiger partial charge in [0, 0.05) is 12.6 Å². The second-order valence-electron chi connectivity index (χ2n) is 5.07. The van der Waals surface area contributed by atoms with Gasteiger partial charge in [-0.3, -0.25) is 0 Å². The highest BCUT2D eigenvalue weighted by molar-refractivity contribution is 7.89. The number of hydrogen-bond donors (Lipinski definition) is 2. The Kier molecular flexibility index (Phi) is 4.96. The van der Waals surface area contributed by atoms with Crippen LogP contribution in [-0.2, 0) is 16.4 Å². The molecular weight excluding hydrogens is 262 g/mol. The van der Waals surface area contributed by atoms with Gasteiger partial charge in [-0.25, -0.2) is 13.1 Å². The molecule has 0 spiro atoms. The number of sulfonamides is 1. The number of aliphatic hydroxyl groups is 1. The minimum Gasteiger partial charge on any atom is -0.396 e. The highest BCUT2D eigenvalue weighted by Gasteiger charge is 2.22. The van der Waals surface area contributed by atoms with Crippen molar-refractivity contribution in [2.24, 2.45) is 0 Å². The fraction of sp³-hybridized carbons (Fsp3) is 0.571. The fourth-order valence-electron chi connectivity index (χ4n) is 2.45. The van der Waals surface area contributed by atoms with E-state index in [0.29, 0.717) is 11.3 Å². The molecule has 0 bridgehead atoms. The predicted molar refractivity (Wildman–Crippen MR) is 74.4 cm³/mol. The topological polar surface area (TPSA) is 66.4 Å². The van der Waals surface area contributed by atoms with E-state index >= 15 is 0 Å². The molecule has 1 aliphatic rings. The first-order chi connectivity index (χ1) is 9.12. The number of aliphatic hydroxyl groups excluding tert-OH is 1. The van der Waals surface area contributed by atoms with E-state index in [1.54, 1.807) is 12.1 Å². The van der Waals surface area contributed by atoms with E-state index in [9.17, 15) is 8.42 Å². The van der Waals surface area contributed by atoms with Crippen molar-refractivity contribution >= 4 is 10.0 Å². The van der Waals surface area contributed by atoms with Gasteiger partial charge >= 0.3 is 0 Å². The van der Waals surface area contributed by atoms with Gasteiger partial charge < -0.3 is 5.11 Å². The van der Waals surface area contributed by atoms with E-state index in [-0.39, 0.29) is 12.6 Å². The van der Waals surface area contributed by atoms with Crippen molar-refractivity contribution in [3.05, 3.63) is 29.8 Å². The molecule has 0 aromatic heterocycles. The van der Waals surface area contributed by atoms with Crippen LogP contribution in [-0.4, -0.2) is 26.2 Å². The van der Waals surface area contributed by atoms with Crippen molar-refractivity contribution in [2.75, 3.05) is 6.61 Å². The number of benzene rings is 1. The van der Waals surface area contributed by atoms with E-state index in [2.05, 4.69) is 4.72 Å². The maximum atomic E-state index is 12.2. The highest BCUT2D eigenvalue weighted by Crippen LogP contribution is 2.20. The lowest BCUT2D eigenvalue weighted by Gasteiger charge is -2.12. The van der Waals surface area contributed by atoms with Gasteiger partial charge in [0.15, 0.2) is 0 Å². The number of hydrogen-bond acceptors (Lipinski definition) is 3. The van der Waals surface area contributed by atoms with Gasteiger partial charge in [0.2, 0.25) is 10.0 Å². The summed E-state index contributed by atoms with van der Waals surface area (Å²) in [4.78, 5) is 0.326. The summed E-state index contributed by atoms with van der Waals surface area (Å²) in [6.07, 6.45) is 5.56. The molecule has 0 atom stereocenters. The molecule has 0 radical (unpaired) electrons. The average molecular weight is 283 g/mol. The first-order valence-electron chi connectivity index (χ1n) is 6.84. The predicted octanol–water partition coefficient (Wildman–Crippen LogP) is 1.83. The first kappa shape index (κ1) is 14.5. The molecule has 1 saturated carbocycles. The molecule has 0 aliphatic heterocycles. The molecule has 1 aromatic rings. The second-order valence-corrected chi connectivity index (χ2v) is 6.79. The molecule has 1 aliphatic carbocycles. The van der Waals surface area contributed by atoms with Gasteiger partial charge in [-0.2, -0.15) is 0 Å². The third-order valence-corrected chi connectivity index (χ3v) is 5.07. The molecule has 1 aromatic carbocycles. The minimum absolute atomic E-state index is 0.0964. The van der Waals surface area contributed by atoms with Crippen LogP contribution in [0.3, 0.4) is 0 Å². The summed E-state index contributed by atoms with van der Waals surface area (Å²) in [5, 5.41) is 8.76. The number of nitrogens with one attached hydrogen (secondary N) is 1. The maximum absolute atomic E-state index is 12.2. The van der Waals surface area contributed by atoms with Crippen LogP contribution in [0.1, 0.15) is 37.7 Å². The molecule has 2 N–H and O–H groups in total. The molecular formula is C14H21NO3S. The Morgan fingerprint density at radius 2 is 1.79 bits per heavy atom.